The van der Waals surface area contributed by atoms with Crippen molar-refractivity contribution in [3.8, 4) is 0 Å². The Bertz CT molecular complexity index is 979. The number of anilines is 1. The van der Waals surface area contributed by atoms with Crippen molar-refractivity contribution in [2.75, 3.05) is 5.32 Å². The monoisotopic (exact) mass is 431 g/mol. The smallest absolute Gasteiger partial charge is 0.202 e. The molecule has 10 heteroatoms. The van der Waals surface area contributed by atoms with Gasteiger partial charge < -0.3 is 21.0 Å². The number of furan rings is 1. The highest BCUT2D eigenvalue weighted by Gasteiger charge is 2.13. The number of benzene rings is 2. The van der Waals surface area contributed by atoms with E-state index in [2.05, 4.69) is 15.8 Å². The lowest BCUT2D eigenvalue weighted by molar-refractivity contribution is 0.599. The van der Waals surface area contributed by atoms with Crippen LogP contribution in [0.25, 0.3) is 11.0 Å². The highest BCUT2D eigenvalue weighted by molar-refractivity contribution is 6.48. The van der Waals surface area contributed by atoms with E-state index >= 15 is 0 Å². The first-order valence-corrected chi connectivity index (χ1v) is 8.79. The molecule has 6 N–H and O–H groups in total. The molecule has 0 aliphatic heterocycles. The lowest BCUT2D eigenvalue weighted by atomic mass is 10.1. The van der Waals surface area contributed by atoms with Gasteiger partial charge in [-0.1, -0.05) is 46.4 Å². The molecule has 0 unspecified atom stereocenters. The highest BCUT2D eigenvalue weighted by Crippen LogP contribution is 2.34. The Morgan fingerprint density at radius 1 is 1.00 bits per heavy atom. The van der Waals surface area contributed by atoms with E-state index in [1.807, 2.05) is 6.07 Å². The Morgan fingerprint density at radius 3 is 2.31 bits per heavy atom. The van der Waals surface area contributed by atoms with Crippen LogP contribution in [-0.2, 0) is 6.54 Å². The SMILES string of the molecule is N/N=C(\NN)c1cc2cc(Cl)c(CNc3cc(Cl)c(Cl)c(Cl)c3)cc2o1. The topological polar surface area (TPSA) is 102 Å². The zero-order valence-electron chi connectivity index (χ0n) is 13.1. The van der Waals surface area contributed by atoms with Gasteiger partial charge in [-0.2, -0.15) is 5.10 Å². The summed E-state index contributed by atoms with van der Waals surface area (Å²) in [6.07, 6.45) is 0. The van der Waals surface area contributed by atoms with Crippen molar-refractivity contribution < 1.29 is 4.42 Å². The fourth-order valence-corrected chi connectivity index (χ4v) is 3.22. The summed E-state index contributed by atoms with van der Waals surface area (Å²) >= 11 is 24.4. The van der Waals surface area contributed by atoms with Crippen molar-refractivity contribution in [2.24, 2.45) is 16.8 Å². The Balaban J connectivity index is 1.87. The van der Waals surface area contributed by atoms with Gasteiger partial charge in [0.05, 0.1) is 15.1 Å². The molecular formula is C16H13Cl4N5O. The van der Waals surface area contributed by atoms with Crippen LogP contribution in [0.15, 0.2) is 39.9 Å². The molecule has 0 spiro atoms. The van der Waals surface area contributed by atoms with Crippen LogP contribution in [0.2, 0.25) is 20.1 Å². The summed E-state index contributed by atoms with van der Waals surface area (Å²) in [4.78, 5) is 0. The largest absolute Gasteiger partial charge is 0.453 e. The van der Waals surface area contributed by atoms with E-state index in [0.717, 1.165) is 10.9 Å². The van der Waals surface area contributed by atoms with Crippen LogP contribution < -0.4 is 22.4 Å². The molecule has 136 valence electrons. The van der Waals surface area contributed by atoms with Gasteiger partial charge in [0, 0.05) is 22.6 Å². The van der Waals surface area contributed by atoms with Crippen molar-refractivity contribution in [3.05, 3.63) is 61.7 Å². The van der Waals surface area contributed by atoms with Gasteiger partial charge in [0.2, 0.25) is 5.84 Å². The van der Waals surface area contributed by atoms with Crippen LogP contribution in [0.1, 0.15) is 11.3 Å². The number of hydrogen-bond acceptors (Lipinski definition) is 5. The van der Waals surface area contributed by atoms with Crippen molar-refractivity contribution in [1.82, 2.24) is 5.43 Å². The van der Waals surface area contributed by atoms with E-state index in [1.54, 1.807) is 24.3 Å². The standard InChI is InChI=1S/C16H13Cl4N5O/c17-10-1-7-2-14(16(24-21)25-22)26-13(7)3-8(10)6-23-9-4-11(18)15(20)12(19)5-9/h1-5,23H,6,21-22H2,(H,24,25). The summed E-state index contributed by atoms with van der Waals surface area (Å²) < 4.78 is 5.71. The van der Waals surface area contributed by atoms with Crippen molar-refractivity contribution in [3.63, 3.8) is 0 Å². The number of halogens is 4. The van der Waals surface area contributed by atoms with Gasteiger partial charge in [-0.3, -0.25) is 0 Å². The zero-order valence-corrected chi connectivity index (χ0v) is 16.1. The molecule has 0 aliphatic carbocycles. The molecule has 1 aromatic heterocycles. The summed E-state index contributed by atoms with van der Waals surface area (Å²) in [6, 6.07) is 8.71. The maximum Gasteiger partial charge on any atom is 0.202 e. The predicted octanol–water partition coefficient (Wildman–Crippen LogP) is 4.74. The Morgan fingerprint density at radius 2 is 1.69 bits per heavy atom. The van der Waals surface area contributed by atoms with E-state index in [-0.39, 0.29) is 5.84 Å². The summed E-state index contributed by atoms with van der Waals surface area (Å²) in [6.45, 7) is 0.423. The van der Waals surface area contributed by atoms with Crippen LogP contribution in [0.4, 0.5) is 5.69 Å². The fourth-order valence-electron chi connectivity index (χ4n) is 2.38. The zero-order chi connectivity index (χ0) is 18.8. The average molecular weight is 433 g/mol. The summed E-state index contributed by atoms with van der Waals surface area (Å²) in [7, 11) is 0. The fraction of sp³-hybridized carbons (Fsp3) is 0.0625. The number of nitrogens with zero attached hydrogens (tertiary/aromatic N) is 1. The van der Waals surface area contributed by atoms with E-state index in [4.69, 9.17) is 62.5 Å². The number of nitrogens with one attached hydrogen (secondary N) is 2. The molecule has 2 aromatic carbocycles. The third kappa shape index (κ3) is 3.79. The van der Waals surface area contributed by atoms with Gasteiger partial charge in [-0.05, 0) is 35.9 Å². The molecule has 3 rings (SSSR count). The minimum absolute atomic E-state index is 0.224. The van der Waals surface area contributed by atoms with Crippen molar-refractivity contribution in [2.45, 2.75) is 6.54 Å². The van der Waals surface area contributed by atoms with Gasteiger partial charge in [0.25, 0.3) is 0 Å². The molecule has 6 nitrogen and oxygen atoms in total. The molecular weight excluding hydrogens is 420 g/mol. The first kappa shape index (κ1) is 18.9. The predicted molar refractivity (Wildman–Crippen MR) is 108 cm³/mol. The number of nitrogens with two attached hydrogens (primary N) is 2. The van der Waals surface area contributed by atoms with E-state index < -0.39 is 0 Å². The molecule has 0 aliphatic rings. The minimum atomic E-state index is 0.224. The number of hydrogen-bond donors (Lipinski definition) is 4. The van der Waals surface area contributed by atoms with Crippen LogP contribution in [0, 0.1) is 0 Å². The van der Waals surface area contributed by atoms with Gasteiger partial charge in [-0.15, -0.1) is 0 Å². The quantitative estimate of drug-likeness (QED) is 0.157. The number of rotatable bonds is 4. The maximum absolute atomic E-state index is 6.36. The number of hydrazine groups is 1. The van der Waals surface area contributed by atoms with Crippen molar-refractivity contribution in [1.29, 1.82) is 0 Å². The highest BCUT2D eigenvalue weighted by atomic mass is 35.5. The van der Waals surface area contributed by atoms with Gasteiger partial charge in [0.1, 0.15) is 5.58 Å². The molecule has 0 radical (unpaired) electrons. The Labute approximate surface area is 169 Å². The van der Waals surface area contributed by atoms with E-state index in [0.29, 0.717) is 43.7 Å². The van der Waals surface area contributed by atoms with Crippen LogP contribution in [-0.4, -0.2) is 5.84 Å². The Hall–Kier alpha value is -1.83. The molecule has 0 atom stereocenters. The Kier molecular flexibility index (Phi) is 5.70. The second-order valence-electron chi connectivity index (χ2n) is 5.32. The molecule has 0 saturated heterocycles. The third-order valence-corrected chi connectivity index (χ3v) is 5.20. The lowest BCUT2D eigenvalue weighted by Gasteiger charge is -2.10. The molecule has 0 bridgehead atoms. The first-order valence-electron chi connectivity index (χ1n) is 7.28. The number of fused-ring (bicyclic) bond motifs is 1. The average Bonchev–Trinajstić information content (AvgIpc) is 3.00. The second-order valence-corrected chi connectivity index (χ2v) is 6.92. The first-order chi connectivity index (χ1) is 12.4. The van der Waals surface area contributed by atoms with Crippen LogP contribution >= 0.6 is 46.4 Å². The minimum Gasteiger partial charge on any atom is -0.453 e. The van der Waals surface area contributed by atoms with Gasteiger partial charge >= 0.3 is 0 Å². The lowest BCUT2D eigenvalue weighted by Crippen LogP contribution is -2.31. The number of hydrazone groups is 1. The molecule has 0 amide bonds. The summed E-state index contributed by atoms with van der Waals surface area (Å²) in [5, 5.41) is 9.12. The van der Waals surface area contributed by atoms with E-state index in [1.165, 1.54) is 0 Å². The molecule has 1 heterocycles. The van der Waals surface area contributed by atoms with Crippen LogP contribution in [0.5, 0.6) is 0 Å². The van der Waals surface area contributed by atoms with Gasteiger partial charge in [0.15, 0.2) is 5.76 Å². The third-order valence-electron chi connectivity index (χ3n) is 3.65. The maximum atomic E-state index is 6.36. The second kappa shape index (κ2) is 7.82. The molecule has 0 fully saturated rings. The molecule has 3 aromatic rings. The van der Waals surface area contributed by atoms with Crippen LogP contribution in [0.3, 0.4) is 0 Å². The summed E-state index contributed by atoms with van der Waals surface area (Å²) in [5.41, 5.74) is 4.51. The van der Waals surface area contributed by atoms with E-state index in [9.17, 15) is 0 Å². The summed E-state index contributed by atoms with van der Waals surface area (Å²) in [5.74, 6) is 11.2. The number of amidine groups is 1. The van der Waals surface area contributed by atoms with Crippen molar-refractivity contribution >= 4 is 68.9 Å². The van der Waals surface area contributed by atoms with Gasteiger partial charge in [-0.25, -0.2) is 5.84 Å². The molecule has 0 saturated carbocycles. The normalized spacial score (nSPS) is 11.8. The molecule has 26 heavy (non-hydrogen) atoms.